The quantitative estimate of drug-likeness (QED) is 0.246. The van der Waals surface area contributed by atoms with Gasteiger partial charge in [-0.15, -0.1) is 0 Å². The van der Waals surface area contributed by atoms with Gasteiger partial charge in [0.15, 0.2) is 0 Å². The van der Waals surface area contributed by atoms with Crippen molar-refractivity contribution in [3.63, 3.8) is 0 Å². The lowest BCUT2D eigenvalue weighted by Gasteiger charge is -2.27. The van der Waals surface area contributed by atoms with Crippen LogP contribution < -0.4 is 21.3 Å². The van der Waals surface area contributed by atoms with Crippen LogP contribution in [0.2, 0.25) is 0 Å². The summed E-state index contributed by atoms with van der Waals surface area (Å²) in [6, 6.07) is 0. The third kappa shape index (κ3) is 8.48. The number of anilines is 3. The van der Waals surface area contributed by atoms with Gasteiger partial charge in [0.1, 0.15) is 0 Å². The summed E-state index contributed by atoms with van der Waals surface area (Å²) < 4.78 is 10.7. The zero-order chi connectivity index (χ0) is 20.0. The van der Waals surface area contributed by atoms with Gasteiger partial charge in [-0.2, -0.15) is 15.0 Å². The summed E-state index contributed by atoms with van der Waals surface area (Å²) in [5.41, 5.74) is 5.35. The van der Waals surface area contributed by atoms with Crippen LogP contribution >= 0.6 is 0 Å². The number of rotatable bonds is 14. The highest BCUT2D eigenvalue weighted by atomic mass is 16.5. The van der Waals surface area contributed by atoms with Gasteiger partial charge < -0.3 is 41.0 Å². The number of aliphatic hydroxyl groups excluding tert-OH is 2. The van der Waals surface area contributed by atoms with Crippen LogP contribution in [-0.2, 0) is 9.47 Å². The van der Waals surface area contributed by atoms with Crippen LogP contribution in [0.25, 0.3) is 0 Å². The topological polar surface area (TPSA) is 151 Å². The second-order valence-electron chi connectivity index (χ2n) is 6.49. The van der Waals surface area contributed by atoms with Crippen LogP contribution in [0.15, 0.2) is 0 Å². The van der Waals surface area contributed by atoms with E-state index in [2.05, 4.69) is 30.5 Å². The van der Waals surface area contributed by atoms with E-state index >= 15 is 0 Å². The number of aromatic nitrogens is 3. The Labute approximate surface area is 165 Å². The monoisotopic (exact) mass is 399 g/mol. The number of hydrogen-bond acceptors (Lipinski definition) is 11. The molecule has 28 heavy (non-hydrogen) atoms. The van der Waals surface area contributed by atoms with E-state index in [4.69, 9.17) is 20.3 Å². The summed E-state index contributed by atoms with van der Waals surface area (Å²) in [5, 5.41) is 24.6. The molecule has 0 aromatic carbocycles. The minimum atomic E-state index is -0.874. The molecular weight excluding hydrogens is 366 g/mol. The van der Waals surface area contributed by atoms with Gasteiger partial charge in [-0.1, -0.05) is 0 Å². The fourth-order valence-electron chi connectivity index (χ4n) is 2.67. The average molecular weight is 399 g/mol. The molecule has 0 saturated carbocycles. The van der Waals surface area contributed by atoms with Crippen molar-refractivity contribution in [2.24, 2.45) is 5.73 Å². The van der Waals surface area contributed by atoms with E-state index in [1.807, 2.05) is 0 Å². The number of hydrogen-bond donors (Lipinski definition) is 5. The summed E-state index contributed by atoms with van der Waals surface area (Å²) in [6.45, 7) is 4.75. The second kappa shape index (κ2) is 13.4. The molecule has 2 heterocycles. The van der Waals surface area contributed by atoms with Crippen LogP contribution in [0.3, 0.4) is 0 Å². The van der Waals surface area contributed by atoms with Crippen molar-refractivity contribution in [3.8, 4) is 0 Å². The third-order valence-corrected chi connectivity index (χ3v) is 4.13. The Morgan fingerprint density at radius 3 is 2.32 bits per heavy atom. The summed E-state index contributed by atoms with van der Waals surface area (Å²) in [7, 11) is 0. The van der Waals surface area contributed by atoms with E-state index in [-0.39, 0.29) is 13.2 Å². The lowest BCUT2D eigenvalue weighted by Crippen LogP contribution is -2.32. The van der Waals surface area contributed by atoms with Gasteiger partial charge in [-0.05, 0) is 19.3 Å². The van der Waals surface area contributed by atoms with Gasteiger partial charge in [0.05, 0.1) is 39.1 Å². The Balaban J connectivity index is 1.87. The SMILES string of the molecule is NCCOCCOCCNc1nc(NCC(O)CO)nc(N2CCCCC2)n1. The predicted octanol–water partition coefficient (Wildman–Crippen LogP) is -0.969. The summed E-state index contributed by atoms with van der Waals surface area (Å²) in [6.07, 6.45) is 2.56. The molecule has 1 aromatic rings. The molecule has 1 unspecified atom stereocenters. The Morgan fingerprint density at radius 2 is 1.64 bits per heavy atom. The van der Waals surface area contributed by atoms with Crippen LogP contribution in [0.5, 0.6) is 0 Å². The highest BCUT2D eigenvalue weighted by molar-refractivity contribution is 5.44. The van der Waals surface area contributed by atoms with Crippen LogP contribution in [0.1, 0.15) is 19.3 Å². The molecule has 0 aliphatic carbocycles. The first-order chi connectivity index (χ1) is 13.7. The van der Waals surface area contributed by atoms with Crippen LogP contribution in [0, 0.1) is 0 Å². The van der Waals surface area contributed by atoms with Crippen molar-refractivity contribution in [3.05, 3.63) is 0 Å². The first kappa shape index (κ1) is 22.5. The normalized spacial score (nSPS) is 15.5. The molecule has 1 fully saturated rings. The molecule has 1 saturated heterocycles. The fourth-order valence-corrected chi connectivity index (χ4v) is 2.67. The molecule has 1 atom stereocenters. The van der Waals surface area contributed by atoms with Crippen molar-refractivity contribution in [1.29, 1.82) is 0 Å². The maximum Gasteiger partial charge on any atom is 0.231 e. The summed E-state index contributed by atoms with van der Waals surface area (Å²) in [4.78, 5) is 15.4. The van der Waals surface area contributed by atoms with Crippen molar-refractivity contribution in [2.75, 3.05) is 81.3 Å². The van der Waals surface area contributed by atoms with E-state index in [0.29, 0.717) is 57.4 Å². The van der Waals surface area contributed by atoms with Crippen molar-refractivity contribution >= 4 is 17.8 Å². The van der Waals surface area contributed by atoms with Gasteiger partial charge in [0, 0.05) is 32.7 Å². The Kier molecular flexibility index (Phi) is 10.8. The molecule has 0 radical (unpaired) electrons. The molecule has 160 valence electrons. The molecule has 1 aliphatic heterocycles. The van der Waals surface area contributed by atoms with Crippen molar-refractivity contribution < 1.29 is 19.7 Å². The zero-order valence-corrected chi connectivity index (χ0v) is 16.3. The molecule has 0 amide bonds. The average Bonchev–Trinajstić information content (AvgIpc) is 2.74. The van der Waals surface area contributed by atoms with Crippen molar-refractivity contribution in [1.82, 2.24) is 15.0 Å². The molecule has 1 aliphatic rings. The second-order valence-corrected chi connectivity index (χ2v) is 6.49. The number of piperidine rings is 1. The lowest BCUT2D eigenvalue weighted by atomic mass is 10.1. The maximum atomic E-state index is 9.54. The van der Waals surface area contributed by atoms with Crippen LogP contribution in [0.4, 0.5) is 17.8 Å². The fraction of sp³-hybridized carbons (Fsp3) is 0.824. The van der Waals surface area contributed by atoms with Gasteiger partial charge in [0.2, 0.25) is 17.8 Å². The first-order valence-electron chi connectivity index (χ1n) is 9.86. The standard InChI is InChI=1S/C17H33N7O4/c18-4-8-27-10-11-28-9-5-19-15-21-16(20-12-14(26)13-25)23-17(22-15)24-6-2-1-3-7-24/h14,25-26H,1-13,18H2,(H2,19,20,21,22,23). The highest BCUT2D eigenvalue weighted by Gasteiger charge is 2.16. The van der Waals surface area contributed by atoms with E-state index in [0.717, 1.165) is 25.9 Å². The number of nitrogens with zero attached hydrogens (tertiary/aromatic N) is 4. The molecule has 11 heteroatoms. The van der Waals surface area contributed by atoms with Gasteiger partial charge in [0.25, 0.3) is 0 Å². The minimum Gasteiger partial charge on any atom is -0.394 e. The smallest absolute Gasteiger partial charge is 0.231 e. The number of ether oxygens (including phenoxy) is 2. The summed E-state index contributed by atoms with van der Waals surface area (Å²) >= 11 is 0. The molecule has 0 bridgehead atoms. The first-order valence-corrected chi connectivity index (χ1v) is 9.86. The summed E-state index contributed by atoms with van der Waals surface area (Å²) in [5.74, 6) is 1.41. The molecular formula is C17H33N7O4. The van der Waals surface area contributed by atoms with Gasteiger partial charge >= 0.3 is 0 Å². The van der Waals surface area contributed by atoms with E-state index in [1.54, 1.807) is 0 Å². The third-order valence-electron chi connectivity index (χ3n) is 4.13. The van der Waals surface area contributed by atoms with Gasteiger partial charge in [-0.3, -0.25) is 0 Å². The largest absolute Gasteiger partial charge is 0.394 e. The Bertz CT molecular complexity index is 546. The lowest BCUT2D eigenvalue weighted by molar-refractivity contribution is 0.0547. The molecule has 2 rings (SSSR count). The number of nitrogens with two attached hydrogens (primary N) is 1. The van der Waals surface area contributed by atoms with Crippen molar-refractivity contribution in [2.45, 2.75) is 25.4 Å². The Hall–Kier alpha value is -1.79. The van der Waals surface area contributed by atoms with E-state index < -0.39 is 6.10 Å². The van der Waals surface area contributed by atoms with E-state index in [9.17, 15) is 5.11 Å². The predicted molar refractivity (Wildman–Crippen MR) is 107 cm³/mol. The molecule has 0 spiro atoms. The number of aliphatic hydroxyl groups is 2. The van der Waals surface area contributed by atoms with Gasteiger partial charge in [-0.25, -0.2) is 0 Å². The maximum absolute atomic E-state index is 9.54. The zero-order valence-electron chi connectivity index (χ0n) is 16.3. The highest BCUT2D eigenvalue weighted by Crippen LogP contribution is 2.18. The Morgan fingerprint density at radius 1 is 0.964 bits per heavy atom. The minimum absolute atomic E-state index is 0.158. The molecule has 6 N–H and O–H groups in total. The van der Waals surface area contributed by atoms with E-state index in [1.165, 1.54) is 6.42 Å². The molecule has 11 nitrogen and oxygen atoms in total. The molecule has 1 aromatic heterocycles. The number of nitrogens with one attached hydrogen (secondary N) is 2. The van der Waals surface area contributed by atoms with Crippen LogP contribution in [-0.4, -0.2) is 97.0 Å².